The predicted octanol–water partition coefficient (Wildman–Crippen LogP) is 2.33. The van der Waals surface area contributed by atoms with Crippen LogP contribution in [0.2, 0.25) is 0 Å². The van der Waals surface area contributed by atoms with Gasteiger partial charge in [0, 0.05) is 18.4 Å². The number of benzene rings is 1. The molecule has 1 aromatic carbocycles. The predicted molar refractivity (Wildman–Crippen MR) is 86.4 cm³/mol. The Kier molecular flexibility index (Phi) is 5.91. The maximum atomic E-state index is 11.9. The first-order chi connectivity index (χ1) is 11.1. The van der Waals surface area contributed by atoms with Crippen LogP contribution in [0.4, 0.5) is 0 Å². The topological polar surface area (TPSA) is 73.2 Å². The second kappa shape index (κ2) is 8.12. The van der Waals surface area contributed by atoms with Crippen molar-refractivity contribution < 1.29 is 14.3 Å². The molecule has 0 radical (unpaired) electrons. The van der Waals surface area contributed by atoms with Gasteiger partial charge in [-0.15, -0.1) is 0 Å². The Hall–Kier alpha value is -2.63. The summed E-state index contributed by atoms with van der Waals surface area (Å²) in [6, 6.07) is 8.74. The average molecular weight is 315 g/mol. The molecule has 0 saturated heterocycles. The van der Waals surface area contributed by atoms with Gasteiger partial charge in [-0.25, -0.2) is 9.48 Å². The van der Waals surface area contributed by atoms with Gasteiger partial charge in [0.05, 0.1) is 11.3 Å². The van der Waals surface area contributed by atoms with Crippen LogP contribution in [0.3, 0.4) is 0 Å². The van der Waals surface area contributed by atoms with E-state index in [-0.39, 0.29) is 18.6 Å². The number of rotatable bonds is 7. The van der Waals surface area contributed by atoms with Crippen molar-refractivity contribution in [1.29, 1.82) is 0 Å². The smallest absolute Gasteiger partial charge is 0.338 e. The number of carbonyl (C=O) groups excluding carboxylic acids is 2. The Labute approximate surface area is 135 Å². The van der Waals surface area contributed by atoms with E-state index in [0.717, 1.165) is 18.5 Å². The molecule has 1 atom stereocenters. The Balaban J connectivity index is 1.85. The summed E-state index contributed by atoms with van der Waals surface area (Å²) in [6.45, 7) is 3.71. The van der Waals surface area contributed by atoms with Crippen LogP contribution in [0, 0.1) is 0 Å². The number of carbonyl (C=O) groups is 2. The SMILES string of the molecule is CCCC(C)NC(=O)COC(=O)c1ccc(-n2cccn2)cc1. The lowest BCUT2D eigenvalue weighted by Gasteiger charge is -2.12. The first-order valence-corrected chi connectivity index (χ1v) is 7.66. The summed E-state index contributed by atoms with van der Waals surface area (Å²) >= 11 is 0. The van der Waals surface area contributed by atoms with Crippen LogP contribution < -0.4 is 5.32 Å². The number of amides is 1. The van der Waals surface area contributed by atoms with E-state index in [2.05, 4.69) is 17.3 Å². The number of aromatic nitrogens is 2. The van der Waals surface area contributed by atoms with Gasteiger partial charge in [0.25, 0.3) is 5.91 Å². The molecular formula is C17H21N3O3. The van der Waals surface area contributed by atoms with Crippen LogP contribution >= 0.6 is 0 Å². The van der Waals surface area contributed by atoms with Gasteiger partial charge >= 0.3 is 5.97 Å². The van der Waals surface area contributed by atoms with Gasteiger partial charge in [0.2, 0.25) is 0 Å². The zero-order valence-corrected chi connectivity index (χ0v) is 13.4. The van der Waals surface area contributed by atoms with E-state index in [9.17, 15) is 9.59 Å². The molecule has 6 heteroatoms. The Morgan fingerprint density at radius 2 is 2.04 bits per heavy atom. The van der Waals surface area contributed by atoms with Gasteiger partial charge in [-0.2, -0.15) is 5.10 Å². The minimum Gasteiger partial charge on any atom is -0.452 e. The molecule has 2 aromatic rings. The van der Waals surface area contributed by atoms with Crippen molar-refractivity contribution in [2.24, 2.45) is 0 Å². The fourth-order valence-electron chi connectivity index (χ4n) is 2.21. The van der Waals surface area contributed by atoms with Crippen LogP contribution in [0.25, 0.3) is 5.69 Å². The van der Waals surface area contributed by atoms with Crippen molar-refractivity contribution in [2.45, 2.75) is 32.7 Å². The molecule has 23 heavy (non-hydrogen) atoms. The van der Waals surface area contributed by atoms with Crippen LogP contribution in [0.5, 0.6) is 0 Å². The van der Waals surface area contributed by atoms with E-state index < -0.39 is 5.97 Å². The number of hydrogen-bond donors (Lipinski definition) is 1. The highest BCUT2D eigenvalue weighted by Crippen LogP contribution is 2.09. The number of nitrogens with zero attached hydrogens (tertiary/aromatic N) is 2. The van der Waals surface area contributed by atoms with Gasteiger partial charge < -0.3 is 10.1 Å². The average Bonchev–Trinajstić information content (AvgIpc) is 3.07. The molecule has 0 spiro atoms. The van der Waals surface area contributed by atoms with Crippen molar-refractivity contribution >= 4 is 11.9 Å². The lowest BCUT2D eigenvalue weighted by Crippen LogP contribution is -2.35. The number of nitrogens with one attached hydrogen (secondary N) is 1. The molecule has 1 amide bonds. The molecule has 0 aliphatic heterocycles. The first-order valence-electron chi connectivity index (χ1n) is 7.66. The quantitative estimate of drug-likeness (QED) is 0.796. The zero-order chi connectivity index (χ0) is 16.7. The molecule has 0 aliphatic rings. The van der Waals surface area contributed by atoms with Crippen LogP contribution in [-0.2, 0) is 9.53 Å². The van der Waals surface area contributed by atoms with Gasteiger partial charge in [0.15, 0.2) is 6.61 Å². The van der Waals surface area contributed by atoms with E-state index in [1.165, 1.54) is 0 Å². The molecule has 0 saturated carbocycles. The molecule has 1 heterocycles. The Bertz CT molecular complexity index is 636. The molecule has 1 N–H and O–H groups in total. The van der Waals surface area contributed by atoms with E-state index in [0.29, 0.717) is 5.56 Å². The number of esters is 1. The fourth-order valence-corrected chi connectivity index (χ4v) is 2.21. The summed E-state index contributed by atoms with van der Waals surface area (Å²) in [7, 11) is 0. The molecule has 122 valence electrons. The van der Waals surface area contributed by atoms with Gasteiger partial charge in [-0.3, -0.25) is 4.79 Å². The number of hydrogen-bond acceptors (Lipinski definition) is 4. The summed E-state index contributed by atoms with van der Waals surface area (Å²) in [5, 5.41) is 6.90. The monoisotopic (exact) mass is 315 g/mol. The minimum atomic E-state index is -0.518. The maximum Gasteiger partial charge on any atom is 0.338 e. The highest BCUT2D eigenvalue weighted by atomic mass is 16.5. The van der Waals surface area contributed by atoms with E-state index in [1.54, 1.807) is 35.1 Å². The summed E-state index contributed by atoms with van der Waals surface area (Å²) in [4.78, 5) is 23.6. The van der Waals surface area contributed by atoms with Crippen molar-refractivity contribution in [2.75, 3.05) is 6.61 Å². The van der Waals surface area contributed by atoms with Crippen LogP contribution in [0.15, 0.2) is 42.7 Å². The highest BCUT2D eigenvalue weighted by molar-refractivity contribution is 5.91. The Morgan fingerprint density at radius 3 is 2.65 bits per heavy atom. The molecular weight excluding hydrogens is 294 g/mol. The third-order valence-electron chi connectivity index (χ3n) is 3.34. The summed E-state index contributed by atoms with van der Waals surface area (Å²) in [6.07, 6.45) is 5.38. The zero-order valence-electron chi connectivity index (χ0n) is 13.4. The molecule has 2 rings (SSSR count). The van der Waals surface area contributed by atoms with E-state index in [1.807, 2.05) is 19.2 Å². The lowest BCUT2D eigenvalue weighted by molar-refractivity contribution is -0.124. The highest BCUT2D eigenvalue weighted by Gasteiger charge is 2.12. The largest absolute Gasteiger partial charge is 0.452 e. The second-order valence-electron chi connectivity index (χ2n) is 5.33. The number of ether oxygens (including phenoxy) is 1. The van der Waals surface area contributed by atoms with E-state index in [4.69, 9.17) is 4.74 Å². The molecule has 0 aliphatic carbocycles. The molecule has 0 fully saturated rings. The van der Waals surface area contributed by atoms with Crippen LogP contribution in [-0.4, -0.2) is 34.3 Å². The summed E-state index contributed by atoms with van der Waals surface area (Å²) in [5.41, 5.74) is 1.24. The molecule has 1 aromatic heterocycles. The van der Waals surface area contributed by atoms with Crippen molar-refractivity contribution in [3.8, 4) is 5.69 Å². The van der Waals surface area contributed by atoms with Crippen molar-refractivity contribution in [3.05, 3.63) is 48.3 Å². The maximum absolute atomic E-state index is 11.9. The van der Waals surface area contributed by atoms with Gasteiger partial charge in [-0.05, 0) is 43.7 Å². The van der Waals surface area contributed by atoms with E-state index >= 15 is 0 Å². The van der Waals surface area contributed by atoms with Gasteiger partial charge in [-0.1, -0.05) is 13.3 Å². The lowest BCUT2D eigenvalue weighted by atomic mass is 10.2. The first kappa shape index (κ1) is 16.7. The minimum absolute atomic E-state index is 0.0829. The Morgan fingerprint density at radius 1 is 1.30 bits per heavy atom. The molecule has 1 unspecified atom stereocenters. The fraction of sp³-hybridized carbons (Fsp3) is 0.353. The van der Waals surface area contributed by atoms with Crippen molar-refractivity contribution in [1.82, 2.24) is 15.1 Å². The molecule has 6 nitrogen and oxygen atoms in total. The summed E-state index contributed by atoms with van der Waals surface area (Å²) < 4.78 is 6.72. The van der Waals surface area contributed by atoms with Crippen LogP contribution in [0.1, 0.15) is 37.0 Å². The molecule has 0 bridgehead atoms. The third-order valence-corrected chi connectivity index (χ3v) is 3.34. The van der Waals surface area contributed by atoms with Gasteiger partial charge in [0.1, 0.15) is 0 Å². The second-order valence-corrected chi connectivity index (χ2v) is 5.33. The third kappa shape index (κ3) is 4.95. The standard InChI is InChI=1S/C17H21N3O3/c1-3-5-13(2)19-16(21)12-23-17(22)14-6-8-15(9-7-14)20-11-4-10-18-20/h4,6-11,13H,3,5,12H2,1-2H3,(H,19,21). The summed E-state index contributed by atoms with van der Waals surface area (Å²) in [5.74, 6) is -0.803. The normalized spacial score (nSPS) is 11.7. The van der Waals surface area contributed by atoms with Crippen molar-refractivity contribution in [3.63, 3.8) is 0 Å².